The summed E-state index contributed by atoms with van der Waals surface area (Å²) in [6.07, 6.45) is 0. The van der Waals surface area contributed by atoms with Gasteiger partial charge in [-0.3, -0.25) is 4.72 Å². The fourth-order valence-corrected chi connectivity index (χ4v) is 3.70. The molecule has 21 heavy (non-hydrogen) atoms. The van der Waals surface area contributed by atoms with Crippen molar-refractivity contribution in [3.8, 4) is 0 Å². The van der Waals surface area contributed by atoms with E-state index in [0.29, 0.717) is 6.07 Å². The van der Waals surface area contributed by atoms with Gasteiger partial charge in [-0.25, -0.2) is 17.2 Å². The Morgan fingerprint density at radius 1 is 1.19 bits per heavy atom. The van der Waals surface area contributed by atoms with Gasteiger partial charge in [0.2, 0.25) is 0 Å². The number of halogens is 4. The molecular weight excluding hydrogens is 388 g/mol. The highest BCUT2D eigenvalue weighted by Gasteiger charge is 2.21. The van der Waals surface area contributed by atoms with E-state index >= 15 is 0 Å². The minimum absolute atomic E-state index is 0.0131. The van der Waals surface area contributed by atoms with Gasteiger partial charge < -0.3 is 0 Å². The van der Waals surface area contributed by atoms with Crippen molar-refractivity contribution in [2.75, 3.05) is 4.72 Å². The molecule has 0 radical (unpaired) electrons. The maximum Gasteiger partial charge on any atom is 0.261 e. The number of sulfonamides is 1. The number of anilines is 1. The molecule has 8 heteroatoms. The summed E-state index contributed by atoms with van der Waals surface area (Å²) in [5.41, 5.74) is 0.636. The summed E-state index contributed by atoms with van der Waals surface area (Å²) in [6.45, 7) is 1.81. The van der Waals surface area contributed by atoms with Crippen LogP contribution in [0.3, 0.4) is 0 Å². The first-order valence-corrected chi connectivity index (χ1v) is 8.30. The molecular formula is C13H9BrClF2NO2S. The molecule has 0 fully saturated rings. The van der Waals surface area contributed by atoms with Crippen molar-refractivity contribution in [3.63, 3.8) is 0 Å². The second-order valence-corrected chi connectivity index (χ2v) is 7.14. The second kappa shape index (κ2) is 5.90. The fourth-order valence-electron chi connectivity index (χ4n) is 1.57. The molecule has 112 valence electrons. The maximum absolute atomic E-state index is 13.5. The summed E-state index contributed by atoms with van der Waals surface area (Å²) in [6, 6.07) is 6.75. The van der Waals surface area contributed by atoms with Crippen molar-refractivity contribution >= 4 is 43.2 Å². The molecule has 0 atom stereocenters. The van der Waals surface area contributed by atoms with E-state index in [1.54, 1.807) is 12.1 Å². The summed E-state index contributed by atoms with van der Waals surface area (Å²) in [7, 11) is -3.96. The number of nitrogens with one attached hydrogen (secondary N) is 1. The molecule has 0 bridgehead atoms. The Kier molecular flexibility index (Phi) is 4.55. The Balaban J connectivity index is 2.47. The van der Waals surface area contributed by atoms with E-state index in [1.165, 1.54) is 12.1 Å². The van der Waals surface area contributed by atoms with Gasteiger partial charge >= 0.3 is 0 Å². The van der Waals surface area contributed by atoms with E-state index in [2.05, 4.69) is 20.7 Å². The van der Waals surface area contributed by atoms with Crippen LogP contribution >= 0.6 is 27.5 Å². The van der Waals surface area contributed by atoms with Crippen LogP contribution in [0, 0.1) is 18.6 Å². The van der Waals surface area contributed by atoms with E-state index in [-0.39, 0.29) is 20.1 Å². The standard InChI is InChI=1S/C13H9BrClF2NO2S/c1-7-2-4-8(5-3-7)21(19,20)18-13-9(15)6-10(16)12(17)11(13)14/h2-6,18H,1H3. The zero-order chi connectivity index (χ0) is 15.8. The average molecular weight is 397 g/mol. The predicted octanol–water partition coefficient (Wildman–Crippen LogP) is 4.49. The van der Waals surface area contributed by atoms with Gasteiger partial charge in [0.1, 0.15) is 0 Å². The third-order valence-corrected chi connectivity index (χ3v) is 5.09. The fraction of sp³-hybridized carbons (Fsp3) is 0.0769. The van der Waals surface area contributed by atoms with E-state index in [1.807, 2.05) is 6.92 Å². The van der Waals surface area contributed by atoms with Gasteiger partial charge in [0.05, 0.1) is 20.1 Å². The first-order valence-electron chi connectivity index (χ1n) is 5.65. The van der Waals surface area contributed by atoms with Crippen LogP contribution in [0.4, 0.5) is 14.5 Å². The first-order chi connectivity index (χ1) is 9.72. The minimum Gasteiger partial charge on any atom is -0.277 e. The molecule has 1 N–H and O–H groups in total. The maximum atomic E-state index is 13.5. The van der Waals surface area contributed by atoms with Crippen LogP contribution in [-0.4, -0.2) is 8.42 Å². The topological polar surface area (TPSA) is 46.2 Å². The van der Waals surface area contributed by atoms with E-state index in [4.69, 9.17) is 11.6 Å². The molecule has 0 aliphatic heterocycles. The number of hydrogen-bond donors (Lipinski definition) is 1. The third-order valence-electron chi connectivity index (χ3n) is 2.68. The Morgan fingerprint density at radius 2 is 1.76 bits per heavy atom. The molecule has 0 unspecified atom stereocenters. The summed E-state index contributed by atoms with van der Waals surface area (Å²) in [5.74, 6) is -2.40. The lowest BCUT2D eigenvalue weighted by Gasteiger charge is -2.12. The van der Waals surface area contributed by atoms with Crippen LogP contribution in [0.25, 0.3) is 0 Å². The highest BCUT2D eigenvalue weighted by atomic mass is 79.9. The molecule has 0 saturated carbocycles. The smallest absolute Gasteiger partial charge is 0.261 e. The molecule has 0 saturated heterocycles. The van der Waals surface area contributed by atoms with Crippen LogP contribution < -0.4 is 4.72 Å². The van der Waals surface area contributed by atoms with E-state index in [9.17, 15) is 17.2 Å². The molecule has 3 nitrogen and oxygen atoms in total. The van der Waals surface area contributed by atoms with E-state index in [0.717, 1.165) is 5.56 Å². The van der Waals surface area contributed by atoms with Gasteiger partial charge in [-0.15, -0.1) is 0 Å². The van der Waals surface area contributed by atoms with Gasteiger partial charge in [-0.2, -0.15) is 0 Å². The minimum atomic E-state index is -3.96. The van der Waals surface area contributed by atoms with Crippen molar-refractivity contribution < 1.29 is 17.2 Å². The lowest BCUT2D eigenvalue weighted by Crippen LogP contribution is -2.14. The highest BCUT2D eigenvalue weighted by molar-refractivity contribution is 9.10. The van der Waals surface area contributed by atoms with Crippen LogP contribution in [-0.2, 0) is 10.0 Å². The lowest BCUT2D eigenvalue weighted by atomic mass is 10.2. The number of aryl methyl sites for hydroxylation is 1. The second-order valence-electron chi connectivity index (χ2n) is 4.26. The van der Waals surface area contributed by atoms with Crippen molar-refractivity contribution in [1.82, 2.24) is 0 Å². The largest absolute Gasteiger partial charge is 0.277 e. The zero-order valence-corrected chi connectivity index (χ0v) is 13.8. The molecule has 0 amide bonds. The van der Waals surface area contributed by atoms with Crippen LogP contribution in [0.1, 0.15) is 5.56 Å². The molecule has 2 aromatic carbocycles. The van der Waals surface area contributed by atoms with Crippen LogP contribution in [0.2, 0.25) is 5.02 Å². The normalized spacial score (nSPS) is 11.5. The third kappa shape index (κ3) is 3.36. The number of benzene rings is 2. The van der Waals surface area contributed by atoms with Crippen molar-refractivity contribution in [2.45, 2.75) is 11.8 Å². The molecule has 2 aromatic rings. The lowest BCUT2D eigenvalue weighted by molar-refractivity contribution is 0.505. The quantitative estimate of drug-likeness (QED) is 0.614. The predicted molar refractivity (Wildman–Crippen MR) is 81.1 cm³/mol. The Hall–Kier alpha value is -1.18. The first kappa shape index (κ1) is 16.2. The Labute approximate surface area is 134 Å². The molecule has 0 aliphatic carbocycles. The van der Waals surface area contributed by atoms with Crippen molar-refractivity contribution in [1.29, 1.82) is 0 Å². The van der Waals surface area contributed by atoms with Crippen molar-refractivity contribution in [2.24, 2.45) is 0 Å². The Bertz CT molecular complexity index is 795. The number of hydrogen-bond acceptors (Lipinski definition) is 2. The highest BCUT2D eigenvalue weighted by Crippen LogP contribution is 2.35. The van der Waals surface area contributed by atoms with Crippen LogP contribution in [0.5, 0.6) is 0 Å². The van der Waals surface area contributed by atoms with E-state index < -0.39 is 21.7 Å². The van der Waals surface area contributed by atoms with Crippen molar-refractivity contribution in [3.05, 3.63) is 57.0 Å². The monoisotopic (exact) mass is 395 g/mol. The zero-order valence-electron chi connectivity index (χ0n) is 10.6. The Morgan fingerprint density at radius 3 is 2.33 bits per heavy atom. The van der Waals surface area contributed by atoms with Gasteiger partial charge in [0, 0.05) is 0 Å². The SMILES string of the molecule is Cc1ccc(S(=O)(=O)Nc2c(Cl)cc(F)c(F)c2Br)cc1. The van der Waals surface area contributed by atoms with Gasteiger partial charge in [0.15, 0.2) is 11.6 Å². The average Bonchev–Trinajstić information content (AvgIpc) is 2.42. The van der Waals surface area contributed by atoms with Crippen LogP contribution in [0.15, 0.2) is 39.7 Å². The molecule has 0 aliphatic rings. The molecule has 0 aromatic heterocycles. The summed E-state index contributed by atoms with van der Waals surface area (Å²) < 4.78 is 52.8. The van der Waals surface area contributed by atoms with Gasteiger partial charge in [-0.05, 0) is 41.1 Å². The summed E-state index contributed by atoms with van der Waals surface area (Å²) >= 11 is 8.55. The summed E-state index contributed by atoms with van der Waals surface area (Å²) in [5, 5.41) is -0.253. The van der Waals surface area contributed by atoms with Gasteiger partial charge in [0.25, 0.3) is 10.0 Å². The molecule has 0 heterocycles. The van der Waals surface area contributed by atoms with Gasteiger partial charge in [-0.1, -0.05) is 29.3 Å². The number of rotatable bonds is 3. The summed E-state index contributed by atoms with van der Waals surface area (Å²) in [4.78, 5) is -0.0131. The molecule has 2 rings (SSSR count). The molecule has 0 spiro atoms.